The zero-order valence-corrected chi connectivity index (χ0v) is 17.9. The number of methoxy groups -OCH3 is 1. The minimum atomic E-state index is -0.0876. The van der Waals surface area contributed by atoms with Gasteiger partial charge in [-0.05, 0) is 60.4 Å². The first-order valence-corrected chi connectivity index (χ1v) is 10.8. The number of hydrogen-bond donors (Lipinski definition) is 2. The molecule has 1 amide bonds. The van der Waals surface area contributed by atoms with Gasteiger partial charge in [-0.3, -0.25) is 10.1 Å². The van der Waals surface area contributed by atoms with Gasteiger partial charge in [0, 0.05) is 24.5 Å². The maximum Gasteiger partial charge on any atom is 0.238 e. The van der Waals surface area contributed by atoms with Crippen LogP contribution in [0.2, 0.25) is 0 Å². The van der Waals surface area contributed by atoms with Crippen LogP contribution in [0.15, 0.2) is 78.9 Å². The molecule has 0 bridgehead atoms. The zero-order chi connectivity index (χ0) is 21.5. The highest BCUT2D eigenvalue weighted by atomic mass is 16.5. The van der Waals surface area contributed by atoms with Crippen LogP contribution in [0.4, 0.5) is 11.4 Å². The number of carbonyl (C=O) groups excluding carboxylic acids is 1. The normalized spacial score (nSPS) is 14.3. The predicted octanol–water partition coefficient (Wildman–Crippen LogP) is 4.61. The Morgan fingerprint density at radius 2 is 1.55 bits per heavy atom. The van der Waals surface area contributed by atoms with E-state index in [1.54, 1.807) is 7.11 Å². The molecule has 0 saturated carbocycles. The minimum absolute atomic E-state index is 0.0663. The van der Waals surface area contributed by atoms with Gasteiger partial charge in [0.15, 0.2) is 0 Å². The SMILES string of the molecule is COc1ccc([C@H](NCC(=O)Nc2ccc(N3CCCC3)cc2)c2ccccc2)cc1. The molecule has 1 atom stereocenters. The minimum Gasteiger partial charge on any atom is -0.497 e. The van der Waals surface area contributed by atoms with Crippen LogP contribution >= 0.6 is 0 Å². The van der Waals surface area contributed by atoms with Crippen molar-refractivity contribution in [3.05, 3.63) is 90.0 Å². The van der Waals surface area contributed by atoms with Gasteiger partial charge in [-0.2, -0.15) is 0 Å². The van der Waals surface area contributed by atoms with Crippen molar-refractivity contribution in [1.29, 1.82) is 0 Å². The Hall–Kier alpha value is -3.31. The monoisotopic (exact) mass is 415 g/mol. The molecule has 5 heteroatoms. The molecule has 2 N–H and O–H groups in total. The standard InChI is InChI=1S/C26H29N3O2/c1-31-24-15-9-21(10-16-24)26(20-7-3-2-4-8-20)27-19-25(30)28-22-11-13-23(14-12-22)29-17-5-6-18-29/h2-4,7-16,26-27H,5-6,17-19H2,1H3,(H,28,30)/t26-/m1/s1. The van der Waals surface area contributed by atoms with E-state index >= 15 is 0 Å². The number of rotatable bonds is 8. The van der Waals surface area contributed by atoms with Crippen LogP contribution in [0, 0.1) is 0 Å². The van der Waals surface area contributed by atoms with E-state index in [2.05, 4.69) is 39.8 Å². The van der Waals surface area contributed by atoms with Crippen LogP contribution in [0.3, 0.4) is 0 Å². The Labute approximate surface area is 184 Å². The molecule has 1 heterocycles. The molecule has 3 aromatic carbocycles. The first-order valence-electron chi connectivity index (χ1n) is 10.8. The van der Waals surface area contributed by atoms with E-state index in [0.29, 0.717) is 0 Å². The Morgan fingerprint density at radius 1 is 0.903 bits per heavy atom. The smallest absolute Gasteiger partial charge is 0.238 e. The fourth-order valence-corrected chi connectivity index (χ4v) is 4.00. The second-order valence-corrected chi connectivity index (χ2v) is 7.79. The van der Waals surface area contributed by atoms with Crippen LogP contribution in [0.25, 0.3) is 0 Å². The topological polar surface area (TPSA) is 53.6 Å². The fraction of sp³-hybridized carbons (Fsp3) is 0.269. The van der Waals surface area contributed by atoms with E-state index in [1.165, 1.54) is 18.5 Å². The van der Waals surface area contributed by atoms with Crippen molar-refractivity contribution >= 4 is 17.3 Å². The fourth-order valence-electron chi connectivity index (χ4n) is 4.00. The average molecular weight is 416 g/mol. The van der Waals surface area contributed by atoms with E-state index in [9.17, 15) is 4.79 Å². The molecule has 1 fully saturated rings. The van der Waals surface area contributed by atoms with Gasteiger partial charge in [-0.25, -0.2) is 0 Å². The van der Waals surface area contributed by atoms with Gasteiger partial charge in [0.05, 0.1) is 19.7 Å². The number of anilines is 2. The lowest BCUT2D eigenvalue weighted by Crippen LogP contribution is -2.32. The molecular formula is C26H29N3O2. The third kappa shape index (κ3) is 5.44. The largest absolute Gasteiger partial charge is 0.497 e. The van der Waals surface area contributed by atoms with Crippen molar-refractivity contribution in [3.63, 3.8) is 0 Å². The number of nitrogens with zero attached hydrogens (tertiary/aromatic N) is 1. The molecule has 3 aromatic rings. The molecule has 0 aliphatic carbocycles. The molecule has 5 nitrogen and oxygen atoms in total. The molecule has 1 aliphatic heterocycles. The van der Waals surface area contributed by atoms with Gasteiger partial charge in [-0.15, -0.1) is 0 Å². The predicted molar refractivity (Wildman–Crippen MR) is 126 cm³/mol. The van der Waals surface area contributed by atoms with E-state index in [4.69, 9.17) is 4.74 Å². The maximum atomic E-state index is 12.6. The number of benzene rings is 3. The van der Waals surface area contributed by atoms with Crippen molar-refractivity contribution in [2.45, 2.75) is 18.9 Å². The molecule has 0 aromatic heterocycles. The summed E-state index contributed by atoms with van der Waals surface area (Å²) in [4.78, 5) is 15.0. The molecule has 1 saturated heterocycles. The van der Waals surface area contributed by atoms with Gasteiger partial charge in [0.25, 0.3) is 0 Å². The summed E-state index contributed by atoms with van der Waals surface area (Å²) in [6.07, 6.45) is 2.50. The molecular weight excluding hydrogens is 386 g/mol. The van der Waals surface area contributed by atoms with Gasteiger partial charge in [0.1, 0.15) is 5.75 Å². The summed E-state index contributed by atoms with van der Waals surface area (Å²) >= 11 is 0. The molecule has 0 radical (unpaired) electrons. The highest BCUT2D eigenvalue weighted by Gasteiger charge is 2.16. The van der Waals surface area contributed by atoms with Gasteiger partial charge >= 0.3 is 0 Å². The number of hydrogen-bond acceptors (Lipinski definition) is 4. The van der Waals surface area contributed by atoms with E-state index in [0.717, 1.165) is 35.7 Å². The lowest BCUT2D eigenvalue weighted by molar-refractivity contribution is -0.115. The van der Waals surface area contributed by atoms with E-state index in [1.807, 2.05) is 54.6 Å². The Balaban J connectivity index is 1.39. The van der Waals surface area contributed by atoms with Crippen LogP contribution in [-0.4, -0.2) is 32.7 Å². The number of ether oxygens (including phenoxy) is 1. The highest BCUT2D eigenvalue weighted by molar-refractivity contribution is 5.92. The van der Waals surface area contributed by atoms with Crippen LogP contribution in [0.5, 0.6) is 5.75 Å². The highest BCUT2D eigenvalue weighted by Crippen LogP contribution is 2.24. The molecule has 1 aliphatic rings. The molecule has 4 rings (SSSR count). The van der Waals surface area contributed by atoms with Crippen LogP contribution in [-0.2, 0) is 4.79 Å². The summed E-state index contributed by atoms with van der Waals surface area (Å²) < 4.78 is 5.27. The first kappa shape index (κ1) is 20.9. The summed E-state index contributed by atoms with van der Waals surface area (Å²) in [6.45, 7) is 2.43. The van der Waals surface area contributed by atoms with Gasteiger partial charge < -0.3 is 15.0 Å². The van der Waals surface area contributed by atoms with E-state index < -0.39 is 0 Å². The number of carbonyl (C=O) groups is 1. The lowest BCUT2D eigenvalue weighted by atomic mass is 9.98. The summed E-state index contributed by atoms with van der Waals surface area (Å²) in [5.41, 5.74) is 4.22. The Morgan fingerprint density at radius 3 is 2.19 bits per heavy atom. The van der Waals surface area contributed by atoms with Crippen molar-refractivity contribution in [3.8, 4) is 5.75 Å². The van der Waals surface area contributed by atoms with Crippen molar-refractivity contribution in [2.24, 2.45) is 0 Å². The van der Waals surface area contributed by atoms with Gasteiger partial charge in [0.2, 0.25) is 5.91 Å². The second kappa shape index (κ2) is 10.1. The Kier molecular flexibility index (Phi) is 6.85. The van der Waals surface area contributed by atoms with Crippen LogP contribution in [0.1, 0.15) is 30.0 Å². The Bertz CT molecular complexity index is 966. The summed E-state index contributed by atoms with van der Waals surface area (Å²) in [5.74, 6) is 0.744. The van der Waals surface area contributed by atoms with Crippen LogP contribution < -0.4 is 20.3 Å². The molecule has 0 unspecified atom stereocenters. The van der Waals surface area contributed by atoms with Crippen molar-refractivity contribution in [2.75, 3.05) is 37.0 Å². The second-order valence-electron chi connectivity index (χ2n) is 7.79. The van der Waals surface area contributed by atoms with E-state index in [-0.39, 0.29) is 18.5 Å². The summed E-state index contributed by atoms with van der Waals surface area (Å²) in [5, 5.41) is 6.40. The quantitative estimate of drug-likeness (QED) is 0.564. The number of amides is 1. The van der Waals surface area contributed by atoms with Gasteiger partial charge in [-0.1, -0.05) is 42.5 Å². The number of nitrogens with one attached hydrogen (secondary N) is 2. The lowest BCUT2D eigenvalue weighted by Gasteiger charge is -2.20. The molecule has 31 heavy (non-hydrogen) atoms. The summed E-state index contributed by atoms with van der Waals surface area (Å²) in [6, 6.07) is 26.1. The third-order valence-electron chi connectivity index (χ3n) is 5.67. The molecule has 160 valence electrons. The van der Waals surface area contributed by atoms with Crippen molar-refractivity contribution < 1.29 is 9.53 Å². The third-order valence-corrected chi connectivity index (χ3v) is 5.67. The molecule has 0 spiro atoms. The average Bonchev–Trinajstić information content (AvgIpc) is 3.36. The van der Waals surface area contributed by atoms with Crippen molar-refractivity contribution in [1.82, 2.24) is 5.32 Å². The summed E-state index contributed by atoms with van der Waals surface area (Å²) in [7, 11) is 1.66. The zero-order valence-electron chi connectivity index (χ0n) is 17.9. The maximum absolute atomic E-state index is 12.6. The first-order chi connectivity index (χ1) is 15.2.